The van der Waals surface area contributed by atoms with Crippen LogP contribution in [0.4, 0.5) is 0 Å². The molecule has 1 aromatic rings. The number of carboxylic acids is 1. The molecule has 0 amide bonds. The molecule has 1 heterocycles. The lowest BCUT2D eigenvalue weighted by atomic mass is 10.1. The first-order chi connectivity index (χ1) is 9.63. The lowest BCUT2D eigenvalue weighted by Crippen LogP contribution is -2.29. The monoisotopic (exact) mass is 276 g/mol. The Labute approximate surface area is 121 Å². The Morgan fingerprint density at radius 2 is 2.15 bits per heavy atom. The molecular weight excluding hydrogens is 252 g/mol. The van der Waals surface area contributed by atoms with Crippen LogP contribution in [0.2, 0.25) is 0 Å². The second-order valence-corrected chi connectivity index (χ2v) is 5.78. The summed E-state index contributed by atoms with van der Waals surface area (Å²) in [5.41, 5.74) is 1.37. The van der Waals surface area contributed by atoms with Gasteiger partial charge in [0.2, 0.25) is 0 Å². The van der Waals surface area contributed by atoms with Crippen molar-refractivity contribution in [3.05, 3.63) is 35.9 Å². The van der Waals surface area contributed by atoms with E-state index in [0.29, 0.717) is 12.5 Å². The number of hydrogen-bond donors (Lipinski definition) is 1. The normalized spacial score (nSPS) is 19.6. The minimum atomic E-state index is -0.714. The van der Waals surface area contributed by atoms with Gasteiger partial charge in [0.25, 0.3) is 0 Å². The molecule has 1 fully saturated rings. The first kappa shape index (κ1) is 15.0. The third-order valence-electron chi connectivity index (χ3n) is 3.90. The molecule has 20 heavy (non-hydrogen) atoms. The lowest BCUT2D eigenvalue weighted by molar-refractivity contribution is -0.137. The van der Waals surface area contributed by atoms with Crippen molar-refractivity contribution in [3.63, 3.8) is 0 Å². The van der Waals surface area contributed by atoms with Crippen LogP contribution in [0.1, 0.15) is 18.4 Å². The van der Waals surface area contributed by atoms with E-state index in [-0.39, 0.29) is 6.42 Å². The fourth-order valence-electron chi connectivity index (χ4n) is 2.87. The lowest BCUT2D eigenvalue weighted by Gasteiger charge is -2.21. The highest BCUT2D eigenvalue weighted by Crippen LogP contribution is 2.19. The van der Waals surface area contributed by atoms with Gasteiger partial charge in [0.15, 0.2) is 0 Å². The summed E-state index contributed by atoms with van der Waals surface area (Å²) in [4.78, 5) is 15.2. The van der Waals surface area contributed by atoms with E-state index in [2.05, 4.69) is 34.1 Å². The number of nitrogens with zero attached hydrogens (tertiary/aromatic N) is 2. The fraction of sp³-hybridized carbons (Fsp3) is 0.562. The SMILES string of the molecule is CN(CCC(=O)O)CC1CCN(Cc2ccccc2)C1. The van der Waals surface area contributed by atoms with Gasteiger partial charge >= 0.3 is 5.97 Å². The average molecular weight is 276 g/mol. The average Bonchev–Trinajstić information content (AvgIpc) is 2.85. The Bertz CT molecular complexity index is 422. The summed E-state index contributed by atoms with van der Waals surface area (Å²) in [6.07, 6.45) is 1.45. The predicted octanol–water partition coefficient (Wildman–Crippen LogP) is 1.91. The van der Waals surface area contributed by atoms with Crippen molar-refractivity contribution in [2.24, 2.45) is 5.92 Å². The summed E-state index contributed by atoms with van der Waals surface area (Å²) in [6.45, 7) is 4.93. The van der Waals surface area contributed by atoms with Gasteiger partial charge in [-0.25, -0.2) is 0 Å². The molecule has 0 aromatic heterocycles. The molecule has 1 atom stereocenters. The molecule has 1 aromatic carbocycles. The van der Waals surface area contributed by atoms with Crippen molar-refractivity contribution in [2.45, 2.75) is 19.4 Å². The van der Waals surface area contributed by atoms with Gasteiger partial charge in [-0.1, -0.05) is 30.3 Å². The van der Waals surface area contributed by atoms with E-state index in [0.717, 1.165) is 26.2 Å². The third kappa shape index (κ3) is 4.94. The van der Waals surface area contributed by atoms with E-state index in [1.807, 2.05) is 13.1 Å². The first-order valence-corrected chi connectivity index (χ1v) is 7.30. The number of aliphatic carboxylic acids is 1. The van der Waals surface area contributed by atoms with E-state index in [9.17, 15) is 4.79 Å². The van der Waals surface area contributed by atoms with Crippen molar-refractivity contribution < 1.29 is 9.90 Å². The Kier molecular flexibility index (Phi) is 5.56. The van der Waals surface area contributed by atoms with Gasteiger partial charge in [0.05, 0.1) is 6.42 Å². The molecule has 1 aliphatic rings. The van der Waals surface area contributed by atoms with E-state index in [1.54, 1.807) is 0 Å². The van der Waals surface area contributed by atoms with E-state index < -0.39 is 5.97 Å². The number of hydrogen-bond acceptors (Lipinski definition) is 3. The quantitative estimate of drug-likeness (QED) is 0.826. The van der Waals surface area contributed by atoms with Crippen molar-refractivity contribution in [1.82, 2.24) is 9.80 Å². The molecule has 0 saturated carbocycles. The third-order valence-corrected chi connectivity index (χ3v) is 3.90. The molecule has 1 aliphatic heterocycles. The molecule has 1 N–H and O–H groups in total. The van der Waals surface area contributed by atoms with Gasteiger partial charge in [0, 0.05) is 26.2 Å². The van der Waals surface area contributed by atoms with Crippen LogP contribution < -0.4 is 0 Å². The molecule has 2 rings (SSSR count). The van der Waals surface area contributed by atoms with Crippen LogP contribution in [-0.4, -0.2) is 54.1 Å². The van der Waals surface area contributed by atoms with Crippen LogP contribution in [0, 0.1) is 5.92 Å². The highest BCUT2D eigenvalue weighted by atomic mass is 16.4. The second kappa shape index (κ2) is 7.41. The molecule has 1 saturated heterocycles. The molecule has 0 spiro atoms. The molecule has 4 heteroatoms. The summed E-state index contributed by atoms with van der Waals surface area (Å²) in [7, 11) is 2.02. The van der Waals surface area contributed by atoms with E-state index in [1.165, 1.54) is 12.0 Å². The van der Waals surface area contributed by atoms with E-state index >= 15 is 0 Å². The number of benzene rings is 1. The Morgan fingerprint density at radius 1 is 1.40 bits per heavy atom. The highest BCUT2D eigenvalue weighted by Gasteiger charge is 2.23. The van der Waals surface area contributed by atoms with Crippen LogP contribution in [0.25, 0.3) is 0 Å². The molecule has 0 aliphatic carbocycles. The zero-order valence-electron chi connectivity index (χ0n) is 12.2. The molecule has 4 nitrogen and oxygen atoms in total. The van der Waals surface area contributed by atoms with Gasteiger partial charge in [0.1, 0.15) is 0 Å². The standard InChI is InChI=1S/C16H24N2O2/c1-17(9-8-16(19)20)11-15-7-10-18(13-15)12-14-5-3-2-4-6-14/h2-6,15H,7-13H2,1H3,(H,19,20). The van der Waals surface area contributed by atoms with Crippen LogP contribution >= 0.6 is 0 Å². The fourth-order valence-corrected chi connectivity index (χ4v) is 2.87. The Morgan fingerprint density at radius 3 is 2.85 bits per heavy atom. The summed E-state index contributed by atoms with van der Waals surface area (Å²) < 4.78 is 0. The number of carboxylic acid groups (broad SMARTS) is 1. The first-order valence-electron chi connectivity index (χ1n) is 7.30. The van der Waals surface area contributed by atoms with Gasteiger partial charge in [-0.2, -0.15) is 0 Å². The maximum absolute atomic E-state index is 10.6. The summed E-state index contributed by atoms with van der Waals surface area (Å²) in [6, 6.07) is 10.6. The van der Waals surface area contributed by atoms with Crippen LogP contribution in [0.5, 0.6) is 0 Å². The molecule has 110 valence electrons. The van der Waals surface area contributed by atoms with Crippen LogP contribution in [0.15, 0.2) is 30.3 Å². The van der Waals surface area contributed by atoms with Gasteiger partial charge in [-0.15, -0.1) is 0 Å². The number of likely N-dealkylation sites (tertiary alicyclic amines) is 1. The van der Waals surface area contributed by atoms with Crippen LogP contribution in [0.3, 0.4) is 0 Å². The summed E-state index contributed by atoms with van der Waals surface area (Å²) in [5, 5.41) is 8.69. The number of carbonyl (C=O) groups is 1. The zero-order chi connectivity index (χ0) is 14.4. The largest absolute Gasteiger partial charge is 0.481 e. The minimum absolute atomic E-state index is 0.233. The summed E-state index contributed by atoms with van der Waals surface area (Å²) >= 11 is 0. The molecule has 1 unspecified atom stereocenters. The molecular formula is C16H24N2O2. The van der Waals surface area contributed by atoms with Crippen molar-refractivity contribution in [2.75, 3.05) is 33.2 Å². The predicted molar refractivity (Wildman–Crippen MR) is 79.6 cm³/mol. The topological polar surface area (TPSA) is 43.8 Å². The van der Waals surface area contributed by atoms with Crippen LogP contribution in [-0.2, 0) is 11.3 Å². The van der Waals surface area contributed by atoms with Crippen molar-refractivity contribution in [3.8, 4) is 0 Å². The zero-order valence-corrected chi connectivity index (χ0v) is 12.2. The maximum atomic E-state index is 10.6. The summed E-state index contributed by atoms with van der Waals surface area (Å²) in [5.74, 6) is -0.0496. The van der Waals surface area contributed by atoms with Gasteiger partial charge in [-0.05, 0) is 31.5 Å². The second-order valence-electron chi connectivity index (χ2n) is 5.78. The van der Waals surface area contributed by atoms with Gasteiger partial charge in [-0.3, -0.25) is 9.69 Å². The highest BCUT2D eigenvalue weighted by molar-refractivity contribution is 5.66. The minimum Gasteiger partial charge on any atom is -0.481 e. The van der Waals surface area contributed by atoms with Crippen molar-refractivity contribution >= 4 is 5.97 Å². The smallest absolute Gasteiger partial charge is 0.304 e. The Balaban J connectivity index is 1.71. The van der Waals surface area contributed by atoms with Crippen molar-refractivity contribution in [1.29, 1.82) is 0 Å². The molecule has 0 bridgehead atoms. The van der Waals surface area contributed by atoms with Gasteiger partial charge < -0.3 is 10.0 Å². The molecule has 0 radical (unpaired) electrons. The maximum Gasteiger partial charge on any atom is 0.304 e. The Hall–Kier alpha value is -1.39. The van der Waals surface area contributed by atoms with E-state index in [4.69, 9.17) is 5.11 Å². The number of rotatable bonds is 7.